The number of carbonyl (C=O) groups is 1. The fourth-order valence-electron chi connectivity index (χ4n) is 2.09. The lowest BCUT2D eigenvalue weighted by molar-refractivity contribution is -0.142. The third-order valence-corrected chi connectivity index (χ3v) is 8.99. The van der Waals surface area contributed by atoms with Gasteiger partial charge in [0.25, 0.3) is 0 Å². The van der Waals surface area contributed by atoms with E-state index in [1.54, 1.807) is 6.08 Å². The van der Waals surface area contributed by atoms with Gasteiger partial charge in [-0.3, -0.25) is 9.63 Å². The number of nitrogens with one attached hydrogen (secondary N) is 2. The van der Waals surface area contributed by atoms with Gasteiger partial charge in [0.2, 0.25) is 0 Å². The second kappa shape index (κ2) is 7.70. The standard InChI is InChI=1S/C15H30N2O4Si/c1-7-8-20-17-12-10-16-11(14(18)19)9-13(12)21-22(5,6)15(2,3)4/h7,11-13,16-17H,1,8-10H2,2-6H3,(H,18,19)/t11-,12-,13-/m0/s1. The van der Waals surface area contributed by atoms with Crippen LogP contribution in [0.15, 0.2) is 12.7 Å². The number of carboxylic acids is 1. The van der Waals surface area contributed by atoms with Crippen molar-refractivity contribution in [3.63, 3.8) is 0 Å². The highest BCUT2D eigenvalue weighted by Gasteiger charge is 2.43. The van der Waals surface area contributed by atoms with Crippen LogP contribution in [0.4, 0.5) is 0 Å². The van der Waals surface area contributed by atoms with Crippen molar-refractivity contribution in [1.29, 1.82) is 0 Å². The van der Waals surface area contributed by atoms with Gasteiger partial charge in [0.15, 0.2) is 8.32 Å². The average molecular weight is 331 g/mol. The van der Waals surface area contributed by atoms with E-state index in [1.807, 2.05) is 0 Å². The van der Waals surface area contributed by atoms with Gasteiger partial charge >= 0.3 is 5.97 Å². The number of rotatable bonds is 7. The highest BCUT2D eigenvalue weighted by Crippen LogP contribution is 2.38. The number of aliphatic carboxylic acids is 1. The molecule has 1 saturated heterocycles. The molecule has 0 radical (unpaired) electrons. The molecule has 3 atom stereocenters. The number of piperidine rings is 1. The Morgan fingerprint density at radius 2 is 2.14 bits per heavy atom. The van der Waals surface area contributed by atoms with Gasteiger partial charge in [-0.15, -0.1) is 6.58 Å². The molecule has 1 aliphatic heterocycles. The van der Waals surface area contributed by atoms with Crippen molar-refractivity contribution in [3.05, 3.63) is 12.7 Å². The molecule has 0 aromatic carbocycles. The van der Waals surface area contributed by atoms with E-state index in [4.69, 9.17) is 9.26 Å². The molecule has 0 saturated carbocycles. The Morgan fingerprint density at radius 3 is 2.64 bits per heavy atom. The maximum absolute atomic E-state index is 11.3. The largest absolute Gasteiger partial charge is 0.480 e. The summed E-state index contributed by atoms with van der Waals surface area (Å²) >= 11 is 0. The summed E-state index contributed by atoms with van der Waals surface area (Å²) in [4.78, 5) is 16.6. The maximum Gasteiger partial charge on any atom is 0.320 e. The minimum atomic E-state index is -1.98. The lowest BCUT2D eigenvalue weighted by Crippen LogP contribution is -2.61. The number of hydrogen-bond acceptors (Lipinski definition) is 5. The third kappa shape index (κ3) is 5.17. The highest BCUT2D eigenvalue weighted by molar-refractivity contribution is 6.74. The van der Waals surface area contributed by atoms with Crippen molar-refractivity contribution >= 4 is 14.3 Å². The van der Waals surface area contributed by atoms with Crippen LogP contribution in [0.2, 0.25) is 18.1 Å². The van der Waals surface area contributed by atoms with Crippen molar-refractivity contribution in [2.45, 2.75) is 63.5 Å². The molecule has 0 aliphatic carbocycles. The molecule has 0 amide bonds. The molecule has 128 valence electrons. The lowest BCUT2D eigenvalue weighted by Gasteiger charge is -2.44. The molecule has 1 aliphatic rings. The number of hydroxylamine groups is 1. The highest BCUT2D eigenvalue weighted by atomic mass is 28.4. The Kier molecular flexibility index (Phi) is 6.76. The van der Waals surface area contributed by atoms with E-state index in [9.17, 15) is 9.90 Å². The predicted molar refractivity (Wildman–Crippen MR) is 89.2 cm³/mol. The molecule has 0 unspecified atom stereocenters. The summed E-state index contributed by atoms with van der Waals surface area (Å²) < 4.78 is 6.43. The van der Waals surface area contributed by atoms with Gasteiger partial charge in [0.05, 0.1) is 18.8 Å². The van der Waals surface area contributed by atoms with Crippen LogP contribution in [0.25, 0.3) is 0 Å². The summed E-state index contributed by atoms with van der Waals surface area (Å²) in [6.07, 6.45) is 1.90. The monoisotopic (exact) mass is 330 g/mol. The first-order chi connectivity index (χ1) is 10.1. The van der Waals surface area contributed by atoms with E-state index >= 15 is 0 Å². The van der Waals surface area contributed by atoms with Crippen molar-refractivity contribution in [3.8, 4) is 0 Å². The van der Waals surface area contributed by atoms with Gasteiger partial charge < -0.3 is 14.8 Å². The van der Waals surface area contributed by atoms with Crippen LogP contribution in [0.5, 0.6) is 0 Å². The zero-order valence-electron chi connectivity index (χ0n) is 14.3. The molecule has 0 aromatic rings. The second-order valence-electron chi connectivity index (χ2n) is 7.28. The van der Waals surface area contributed by atoms with Gasteiger partial charge in [-0.25, -0.2) is 0 Å². The van der Waals surface area contributed by atoms with Gasteiger partial charge in [-0.2, -0.15) is 5.48 Å². The molecule has 1 rings (SSSR count). The van der Waals surface area contributed by atoms with Crippen molar-refractivity contribution < 1.29 is 19.2 Å². The first kappa shape index (κ1) is 19.3. The van der Waals surface area contributed by atoms with E-state index < -0.39 is 20.3 Å². The Hall–Kier alpha value is -0.733. The SMILES string of the molecule is C=CCON[C@H]1CN[C@H](C(=O)O)C[C@@H]1O[Si](C)(C)C(C)(C)C. The molecule has 0 bridgehead atoms. The maximum atomic E-state index is 11.3. The summed E-state index contributed by atoms with van der Waals surface area (Å²) in [6, 6.07) is -0.656. The lowest BCUT2D eigenvalue weighted by atomic mass is 9.98. The Labute approximate surface area is 134 Å². The predicted octanol–water partition coefficient (Wildman–Crippen LogP) is 1.90. The van der Waals surface area contributed by atoms with E-state index in [0.717, 1.165) is 0 Å². The third-order valence-electron chi connectivity index (χ3n) is 4.49. The molecule has 7 heteroatoms. The molecule has 0 spiro atoms. The number of carboxylic acid groups (broad SMARTS) is 1. The quantitative estimate of drug-likeness (QED) is 0.286. The second-order valence-corrected chi connectivity index (χ2v) is 12.0. The van der Waals surface area contributed by atoms with E-state index in [-0.39, 0.29) is 17.2 Å². The fraction of sp³-hybridized carbons (Fsp3) is 0.800. The van der Waals surface area contributed by atoms with Gasteiger partial charge in [-0.1, -0.05) is 26.8 Å². The summed E-state index contributed by atoms with van der Waals surface area (Å²) in [5.41, 5.74) is 2.98. The first-order valence-electron chi connectivity index (χ1n) is 7.70. The fourth-order valence-corrected chi connectivity index (χ4v) is 3.46. The zero-order valence-corrected chi connectivity index (χ0v) is 15.3. The molecular formula is C15H30N2O4Si. The van der Waals surface area contributed by atoms with Crippen LogP contribution in [0.3, 0.4) is 0 Å². The van der Waals surface area contributed by atoms with Crippen LogP contribution < -0.4 is 10.8 Å². The molecular weight excluding hydrogens is 300 g/mol. The van der Waals surface area contributed by atoms with Gasteiger partial charge in [0.1, 0.15) is 6.04 Å². The summed E-state index contributed by atoms with van der Waals surface area (Å²) in [5, 5.41) is 12.3. The van der Waals surface area contributed by atoms with Crippen molar-refractivity contribution in [2.75, 3.05) is 13.2 Å². The minimum absolute atomic E-state index is 0.0725. The smallest absolute Gasteiger partial charge is 0.320 e. The molecule has 22 heavy (non-hydrogen) atoms. The minimum Gasteiger partial charge on any atom is -0.480 e. The van der Waals surface area contributed by atoms with Gasteiger partial charge in [0, 0.05) is 6.54 Å². The van der Waals surface area contributed by atoms with E-state index in [0.29, 0.717) is 19.6 Å². The van der Waals surface area contributed by atoms with Crippen LogP contribution in [0, 0.1) is 0 Å². The van der Waals surface area contributed by atoms with E-state index in [2.05, 4.69) is 51.2 Å². The topological polar surface area (TPSA) is 79.8 Å². The Morgan fingerprint density at radius 1 is 1.50 bits per heavy atom. The molecule has 3 N–H and O–H groups in total. The van der Waals surface area contributed by atoms with Gasteiger partial charge in [-0.05, 0) is 24.6 Å². The molecule has 1 heterocycles. The average Bonchev–Trinajstić information content (AvgIpc) is 2.38. The van der Waals surface area contributed by atoms with Crippen LogP contribution in [-0.2, 0) is 14.1 Å². The zero-order chi connectivity index (χ0) is 17.0. The number of hydrogen-bond donors (Lipinski definition) is 3. The molecule has 1 fully saturated rings. The van der Waals surface area contributed by atoms with Crippen LogP contribution in [0.1, 0.15) is 27.2 Å². The Bertz CT molecular complexity index is 395. The van der Waals surface area contributed by atoms with Crippen molar-refractivity contribution in [1.82, 2.24) is 10.8 Å². The van der Waals surface area contributed by atoms with E-state index in [1.165, 1.54) is 0 Å². The summed E-state index contributed by atoms with van der Waals surface area (Å²) in [7, 11) is -1.98. The Balaban J connectivity index is 2.79. The molecule has 0 aromatic heterocycles. The first-order valence-corrected chi connectivity index (χ1v) is 10.6. The van der Waals surface area contributed by atoms with Crippen LogP contribution in [-0.4, -0.2) is 50.7 Å². The van der Waals surface area contributed by atoms with Crippen molar-refractivity contribution in [2.24, 2.45) is 0 Å². The van der Waals surface area contributed by atoms with Crippen LogP contribution >= 0.6 is 0 Å². The summed E-state index contributed by atoms with van der Waals surface area (Å²) in [6.45, 7) is 15.4. The summed E-state index contributed by atoms with van der Waals surface area (Å²) in [5.74, 6) is -0.839. The molecule has 6 nitrogen and oxygen atoms in total. The normalized spacial score (nSPS) is 26.7.